The van der Waals surface area contributed by atoms with Gasteiger partial charge < -0.3 is 5.32 Å². The summed E-state index contributed by atoms with van der Waals surface area (Å²) in [4.78, 5) is 11.9. The van der Waals surface area contributed by atoms with Gasteiger partial charge >= 0.3 is 0 Å². The molecule has 0 spiro atoms. The third-order valence-electron chi connectivity index (χ3n) is 3.41. The van der Waals surface area contributed by atoms with Crippen LogP contribution in [-0.2, 0) is 4.79 Å². The molecular formula is C15H22BrNO. The Kier molecular flexibility index (Phi) is 4.97. The molecule has 18 heavy (non-hydrogen) atoms. The first kappa shape index (κ1) is 15.2. The predicted octanol–water partition coefficient (Wildman–Crippen LogP) is 4.77. The SMILES string of the molecule is Cc1cc(NC(=O)CC(C)C(C)(C)C)ccc1Br. The van der Waals surface area contributed by atoms with Gasteiger partial charge in [-0.2, -0.15) is 0 Å². The van der Waals surface area contributed by atoms with Gasteiger partial charge in [-0.25, -0.2) is 0 Å². The molecule has 0 saturated heterocycles. The zero-order valence-electron chi connectivity index (χ0n) is 11.8. The molecule has 2 nitrogen and oxygen atoms in total. The third-order valence-corrected chi connectivity index (χ3v) is 4.30. The summed E-state index contributed by atoms with van der Waals surface area (Å²) >= 11 is 3.45. The maximum absolute atomic E-state index is 11.9. The molecule has 1 rings (SSSR count). The van der Waals surface area contributed by atoms with Crippen LogP contribution in [0.1, 0.15) is 39.7 Å². The van der Waals surface area contributed by atoms with Crippen molar-refractivity contribution in [1.82, 2.24) is 0 Å². The van der Waals surface area contributed by atoms with E-state index in [4.69, 9.17) is 0 Å². The lowest BCUT2D eigenvalue weighted by molar-refractivity contribution is -0.117. The molecule has 1 unspecified atom stereocenters. The van der Waals surface area contributed by atoms with Gasteiger partial charge in [0.15, 0.2) is 0 Å². The summed E-state index contributed by atoms with van der Waals surface area (Å²) in [5.74, 6) is 0.438. The molecule has 0 aliphatic rings. The zero-order valence-corrected chi connectivity index (χ0v) is 13.4. The van der Waals surface area contributed by atoms with E-state index in [1.165, 1.54) is 0 Å². The maximum Gasteiger partial charge on any atom is 0.224 e. The highest BCUT2D eigenvalue weighted by atomic mass is 79.9. The molecule has 1 amide bonds. The van der Waals surface area contributed by atoms with Gasteiger partial charge in [-0.05, 0) is 42.0 Å². The number of carbonyl (C=O) groups is 1. The van der Waals surface area contributed by atoms with E-state index in [-0.39, 0.29) is 11.3 Å². The van der Waals surface area contributed by atoms with Crippen LogP contribution in [0.4, 0.5) is 5.69 Å². The Morgan fingerprint density at radius 1 is 1.39 bits per heavy atom. The number of rotatable bonds is 3. The summed E-state index contributed by atoms with van der Waals surface area (Å²) in [5, 5.41) is 2.95. The van der Waals surface area contributed by atoms with Gasteiger partial charge in [0, 0.05) is 16.6 Å². The van der Waals surface area contributed by atoms with Crippen molar-refractivity contribution in [2.24, 2.45) is 11.3 Å². The van der Waals surface area contributed by atoms with Crippen molar-refractivity contribution in [3.05, 3.63) is 28.2 Å². The van der Waals surface area contributed by atoms with Crippen molar-refractivity contribution >= 4 is 27.5 Å². The van der Waals surface area contributed by atoms with E-state index in [1.807, 2.05) is 25.1 Å². The average Bonchev–Trinajstić information content (AvgIpc) is 2.22. The minimum Gasteiger partial charge on any atom is -0.326 e. The Balaban J connectivity index is 2.62. The summed E-state index contributed by atoms with van der Waals surface area (Å²) in [5.41, 5.74) is 2.14. The molecule has 0 saturated carbocycles. The zero-order chi connectivity index (χ0) is 13.9. The second-order valence-corrected chi connectivity index (χ2v) is 6.84. The lowest BCUT2D eigenvalue weighted by Gasteiger charge is -2.26. The average molecular weight is 312 g/mol. The van der Waals surface area contributed by atoms with E-state index < -0.39 is 0 Å². The summed E-state index contributed by atoms with van der Waals surface area (Å²) in [7, 11) is 0. The number of hydrogen-bond donors (Lipinski definition) is 1. The van der Waals surface area contributed by atoms with Crippen molar-refractivity contribution < 1.29 is 4.79 Å². The molecular weight excluding hydrogens is 290 g/mol. The number of aryl methyl sites for hydroxylation is 1. The normalized spacial score (nSPS) is 13.2. The van der Waals surface area contributed by atoms with Crippen LogP contribution < -0.4 is 5.32 Å². The molecule has 0 bridgehead atoms. The van der Waals surface area contributed by atoms with Crippen LogP contribution in [0.5, 0.6) is 0 Å². The number of nitrogens with one attached hydrogen (secondary N) is 1. The van der Waals surface area contributed by atoms with Crippen LogP contribution in [0.2, 0.25) is 0 Å². The summed E-state index contributed by atoms with van der Waals surface area (Å²) in [6.07, 6.45) is 0.554. The Labute approximate surface area is 118 Å². The van der Waals surface area contributed by atoms with E-state index in [2.05, 4.69) is 48.9 Å². The van der Waals surface area contributed by atoms with Crippen LogP contribution >= 0.6 is 15.9 Å². The van der Waals surface area contributed by atoms with Crippen LogP contribution in [0.3, 0.4) is 0 Å². The molecule has 3 heteroatoms. The molecule has 0 aliphatic carbocycles. The summed E-state index contributed by atoms with van der Waals surface area (Å²) in [6, 6.07) is 5.85. The standard InChI is InChI=1S/C15H22BrNO/c1-10-8-12(6-7-13(10)16)17-14(18)9-11(2)15(3,4)5/h6-8,11H,9H2,1-5H3,(H,17,18). The fourth-order valence-electron chi connectivity index (χ4n) is 1.52. The number of hydrogen-bond acceptors (Lipinski definition) is 1. The van der Waals surface area contributed by atoms with Crippen molar-refractivity contribution in [3.8, 4) is 0 Å². The molecule has 1 aromatic carbocycles. The second kappa shape index (κ2) is 5.87. The minimum absolute atomic E-state index is 0.0825. The Morgan fingerprint density at radius 3 is 2.50 bits per heavy atom. The highest BCUT2D eigenvalue weighted by molar-refractivity contribution is 9.10. The second-order valence-electron chi connectivity index (χ2n) is 5.98. The van der Waals surface area contributed by atoms with Gasteiger partial charge in [-0.1, -0.05) is 43.6 Å². The Morgan fingerprint density at radius 2 is 2.00 bits per heavy atom. The third kappa shape index (κ3) is 4.45. The highest BCUT2D eigenvalue weighted by Gasteiger charge is 2.22. The van der Waals surface area contributed by atoms with E-state index in [1.54, 1.807) is 0 Å². The molecule has 0 aliphatic heterocycles. The van der Waals surface area contributed by atoms with Crippen LogP contribution in [0, 0.1) is 18.3 Å². The number of amides is 1. The summed E-state index contributed by atoms with van der Waals surface area (Å²) in [6.45, 7) is 10.6. The van der Waals surface area contributed by atoms with Crippen LogP contribution in [0.15, 0.2) is 22.7 Å². The first-order chi connectivity index (χ1) is 8.20. The van der Waals surface area contributed by atoms with Crippen LogP contribution in [0.25, 0.3) is 0 Å². The van der Waals surface area contributed by atoms with Crippen molar-refractivity contribution in [3.63, 3.8) is 0 Å². The van der Waals surface area contributed by atoms with E-state index in [0.717, 1.165) is 15.7 Å². The lowest BCUT2D eigenvalue weighted by Crippen LogP contribution is -2.23. The monoisotopic (exact) mass is 311 g/mol. The lowest BCUT2D eigenvalue weighted by atomic mass is 9.80. The number of anilines is 1. The van der Waals surface area contributed by atoms with Gasteiger partial charge in [0.25, 0.3) is 0 Å². The number of halogens is 1. The van der Waals surface area contributed by atoms with Crippen molar-refractivity contribution in [2.75, 3.05) is 5.32 Å². The molecule has 0 radical (unpaired) electrons. The smallest absolute Gasteiger partial charge is 0.224 e. The topological polar surface area (TPSA) is 29.1 Å². The molecule has 0 heterocycles. The van der Waals surface area contributed by atoms with Crippen molar-refractivity contribution in [2.45, 2.75) is 41.0 Å². The molecule has 1 N–H and O–H groups in total. The molecule has 1 atom stereocenters. The van der Waals surface area contributed by atoms with Gasteiger partial charge in [-0.3, -0.25) is 4.79 Å². The number of carbonyl (C=O) groups excluding carboxylic acids is 1. The molecule has 1 aromatic rings. The van der Waals surface area contributed by atoms with Gasteiger partial charge in [0.05, 0.1) is 0 Å². The van der Waals surface area contributed by atoms with E-state index >= 15 is 0 Å². The highest BCUT2D eigenvalue weighted by Crippen LogP contribution is 2.28. The Bertz CT molecular complexity index is 435. The maximum atomic E-state index is 11.9. The van der Waals surface area contributed by atoms with E-state index in [9.17, 15) is 4.79 Å². The summed E-state index contributed by atoms with van der Waals surface area (Å²) < 4.78 is 1.06. The fraction of sp³-hybridized carbons (Fsp3) is 0.533. The minimum atomic E-state index is 0.0825. The quantitative estimate of drug-likeness (QED) is 0.856. The molecule has 100 valence electrons. The largest absolute Gasteiger partial charge is 0.326 e. The first-order valence-electron chi connectivity index (χ1n) is 6.26. The first-order valence-corrected chi connectivity index (χ1v) is 7.05. The molecule has 0 aromatic heterocycles. The number of benzene rings is 1. The van der Waals surface area contributed by atoms with Crippen LogP contribution in [-0.4, -0.2) is 5.91 Å². The van der Waals surface area contributed by atoms with Crippen molar-refractivity contribution in [1.29, 1.82) is 0 Å². The predicted molar refractivity (Wildman–Crippen MR) is 80.7 cm³/mol. The van der Waals surface area contributed by atoms with Gasteiger partial charge in [0.2, 0.25) is 5.91 Å². The Hall–Kier alpha value is -0.830. The van der Waals surface area contributed by atoms with E-state index in [0.29, 0.717) is 12.3 Å². The van der Waals surface area contributed by atoms with Gasteiger partial charge in [0.1, 0.15) is 0 Å². The molecule has 0 fully saturated rings. The van der Waals surface area contributed by atoms with Gasteiger partial charge in [-0.15, -0.1) is 0 Å². The fourth-order valence-corrected chi connectivity index (χ4v) is 1.77.